The Morgan fingerprint density at radius 1 is 0.704 bits per heavy atom. The number of rotatable bonds is 14. The van der Waals surface area contributed by atoms with Gasteiger partial charge in [0.05, 0.1) is 50.4 Å². The minimum absolute atomic E-state index is 0.157. The van der Waals surface area contributed by atoms with Crippen LogP contribution in [0.25, 0.3) is 33.6 Å². The molecule has 2 aromatic carbocycles. The lowest BCUT2D eigenvalue weighted by Gasteiger charge is -2.31. The average molecular weight is 744 g/mol. The fourth-order valence-corrected chi connectivity index (χ4v) is 6.49. The van der Waals surface area contributed by atoms with Crippen LogP contribution < -0.4 is 16.0 Å². The summed E-state index contributed by atoms with van der Waals surface area (Å²) in [6.45, 7) is 5.79. The molecule has 0 saturated carbocycles. The standard InChI is InChI=1S/C39H49N7O8/c1-22(41-36(47)33(23(2)51-4)44-38(49)53-6)35-40-21-31(43-35)28-16-12-26(13-17-28)25-10-14-27(15-11-25)29-18-19-30(42-29)32-9-8-20-46(32)37(48)34(24(3)52-5)45-39(50)54-7/h10-19,21-24,32-34,42H,8-9,20H2,1-7H3,(H,40,43)(H,41,47)(H,44,49)(H,45,50)/t22-,23+,24?,32-,33-,34-/m0/s1. The zero-order valence-corrected chi connectivity index (χ0v) is 31.6. The van der Waals surface area contributed by atoms with Crippen LogP contribution in [0.2, 0.25) is 0 Å². The topological polar surface area (TPSA) is 189 Å². The van der Waals surface area contributed by atoms with Crippen LogP contribution in [0, 0.1) is 0 Å². The third-order valence-corrected chi connectivity index (χ3v) is 9.84. The second-order valence-corrected chi connectivity index (χ2v) is 13.2. The van der Waals surface area contributed by atoms with Crippen molar-refractivity contribution in [1.82, 2.24) is 35.8 Å². The van der Waals surface area contributed by atoms with Gasteiger partial charge in [0.2, 0.25) is 11.8 Å². The minimum Gasteiger partial charge on any atom is -0.453 e. The van der Waals surface area contributed by atoms with Crippen LogP contribution in [0.15, 0.2) is 66.9 Å². The molecular formula is C39H49N7O8. The van der Waals surface area contributed by atoms with E-state index in [0.717, 1.165) is 52.2 Å². The van der Waals surface area contributed by atoms with E-state index in [1.807, 2.05) is 36.4 Å². The maximum absolute atomic E-state index is 13.6. The lowest BCUT2D eigenvalue weighted by atomic mass is 10.0. The molecule has 15 nitrogen and oxygen atoms in total. The second kappa shape index (κ2) is 17.9. The van der Waals surface area contributed by atoms with E-state index in [9.17, 15) is 19.2 Å². The van der Waals surface area contributed by atoms with Gasteiger partial charge in [-0.25, -0.2) is 14.6 Å². The van der Waals surface area contributed by atoms with Crippen molar-refractivity contribution >= 4 is 24.0 Å². The number of imidazole rings is 1. The molecule has 1 saturated heterocycles. The van der Waals surface area contributed by atoms with Gasteiger partial charge < -0.3 is 49.8 Å². The summed E-state index contributed by atoms with van der Waals surface area (Å²) in [4.78, 5) is 63.4. The normalized spacial score (nSPS) is 16.8. The number of carbonyl (C=O) groups excluding carboxylic acids is 4. The molecule has 5 N–H and O–H groups in total. The lowest BCUT2D eigenvalue weighted by Crippen LogP contribution is -2.54. The van der Waals surface area contributed by atoms with Crippen LogP contribution in [-0.2, 0) is 28.5 Å². The molecule has 15 heteroatoms. The molecule has 1 aliphatic heterocycles. The van der Waals surface area contributed by atoms with E-state index >= 15 is 0 Å². The van der Waals surface area contributed by atoms with E-state index < -0.39 is 48.4 Å². The van der Waals surface area contributed by atoms with Gasteiger partial charge in [-0.05, 0) is 68.0 Å². The van der Waals surface area contributed by atoms with Gasteiger partial charge in [-0.1, -0.05) is 48.5 Å². The van der Waals surface area contributed by atoms with Crippen molar-refractivity contribution in [2.75, 3.05) is 35.0 Å². The van der Waals surface area contributed by atoms with Gasteiger partial charge in [-0.3, -0.25) is 9.59 Å². The number of amides is 4. The van der Waals surface area contributed by atoms with Crippen molar-refractivity contribution < 1.29 is 38.1 Å². The Balaban J connectivity index is 1.22. The zero-order chi connectivity index (χ0) is 38.9. The number of hydrogen-bond donors (Lipinski definition) is 5. The molecule has 0 bridgehead atoms. The predicted molar refractivity (Wildman–Crippen MR) is 201 cm³/mol. The molecule has 6 atom stereocenters. The maximum Gasteiger partial charge on any atom is 0.407 e. The van der Waals surface area contributed by atoms with E-state index in [4.69, 9.17) is 14.2 Å². The first-order valence-electron chi connectivity index (χ1n) is 17.8. The number of likely N-dealkylation sites (tertiary alicyclic amines) is 1. The molecule has 0 spiro atoms. The summed E-state index contributed by atoms with van der Waals surface area (Å²) in [5.41, 5.74) is 6.66. The molecule has 5 rings (SSSR count). The van der Waals surface area contributed by atoms with Gasteiger partial charge >= 0.3 is 12.2 Å². The molecule has 54 heavy (non-hydrogen) atoms. The average Bonchev–Trinajstić information content (AvgIpc) is 4.00. The summed E-state index contributed by atoms with van der Waals surface area (Å²) in [5.74, 6) is -0.0926. The second-order valence-electron chi connectivity index (χ2n) is 13.2. The highest BCUT2D eigenvalue weighted by Crippen LogP contribution is 2.34. The summed E-state index contributed by atoms with van der Waals surface area (Å²) in [6.07, 6.45) is 0.815. The quantitative estimate of drug-likeness (QED) is 0.117. The number of hydrogen-bond acceptors (Lipinski definition) is 9. The van der Waals surface area contributed by atoms with Crippen LogP contribution >= 0.6 is 0 Å². The molecule has 1 fully saturated rings. The molecule has 1 aliphatic rings. The highest BCUT2D eigenvalue weighted by atomic mass is 16.5. The first-order valence-corrected chi connectivity index (χ1v) is 17.8. The minimum atomic E-state index is -0.954. The van der Waals surface area contributed by atoms with Crippen LogP contribution in [0.4, 0.5) is 9.59 Å². The van der Waals surface area contributed by atoms with E-state index in [-0.39, 0.29) is 11.9 Å². The number of aromatic amines is 2. The van der Waals surface area contributed by atoms with Crippen molar-refractivity contribution in [3.05, 3.63) is 78.4 Å². The molecular weight excluding hydrogens is 694 g/mol. The molecule has 288 valence electrons. The zero-order valence-electron chi connectivity index (χ0n) is 31.6. The van der Waals surface area contributed by atoms with E-state index in [1.165, 1.54) is 28.4 Å². The largest absolute Gasteiger partial charge is 0.453 e. The fourth-order valence-electron chi connectivity index (χ4n) is 6.49. The highest BCUT2D eigenvalue weighted by Gasteiger charge is 2.38. The lowest BCUT2D eigenvalue weighted by molar-refractivity contribution is -0.137. The molecule has 1 unspecified atom stereocenters. The van der Waals surface area contributed by atoms with Crippen molar-refractivity contribution in [3.63, 3.8) is 0 Å². The Morgan fingerprint density at radius 2 is 1.24 bits per heavy atom. The van der Waals surface area contributed by atoms with Crippen molar-refractivity contribution in [2.24, 2.45) is 0 Å². The maximum atomic E-state index is 13.6. The Morgan fingerprint density at radius 3 is 1.81 bits per heavy atom. The number of carbonyl (C=O) groups is 4. The Labute approximate surface area is 314 Å². The van der Waals surface area contributed by atoms with Crippen LogP contribution in [0.3, 0.4) is 0 Å². The third kappa shape index (κ3) is 9.09. The van der Waals surface area contributed by atoms with E-state index in [0.29, 0.717) is 12.4 Å². The molecule has 0 radical (unpaired) electrons. The first kappa shape index (κ1) is 39.5. The van der Waals surface area contributed by atoms with Crippen LogP contribution in [0.1, 0.15) is 57.2 Å². The summed E-state index contributed by atoms with van der Waals surface area (Å²) in [5, 5.41) is 8.01. The Kier molecular flexibility index (Phi) is 13.1. The first-order chi connectivity index (χ1) is 26.0. The van der Waals surface area contributed by atoms with Gasteiger partial charge in [0.25, 0.3) is 0 Å². The number of benzene rings is 2. The molecule has 3 heterocycles. The molecule has 0 aliphatic carbocycles. The number of ether oxygens (including phenoxy) is 4. The summed E-state index contributed by atoms with van der Waals surface area (Å²) in [7, 11) is 5.45. The summed E-state index contributed by atoms with van der Waals surface area (Å²) >= 11 is 0. The number of aromatic nitrogens is 3. The fraction of sp³-hybridized carbons (Fsp3) is 0.410. The van der Waals surface area contributed by atoms with Crippen molar-refractivity contribution in [1.29, 1.82) is 0 Å². The van der Waals surface area contributed by atoms with E-state index in [1.54, 1.807) is 31.9 Å². The number of H-pyrrole nitrogens is 2. The molecule has 4 aromatic rings. The van der Waals surface area contributed by atoms with Crippen LogP contribution in [0.5, 0.6) is 0 Å². The molecule has 4 amide bonds. The Hall–Kier alpha value is -5.67. The highest BCUT2D eigenvalue weighted by molar-refractivity contribution is 5.87. The smallest absolute Gasteiger partial charge is 0.407 e. The van der Waals surface area contributed by atoms with Crippen molar-refractivity contribution in [2.45, 2.75) is 70.0 Å². The van der Waals surface area contributed by atoms with Gasteiger partial charge in [0.15, 0.2) is 0 Å². The third-order valence-electron chi connectivity index (χ3n) is 9.84. The summed E-state index contributed by atoms with van der Waals surface area (Å²) < 4.78 is 20.1. The molecule has 2 aromatic heterocycles. The Bertz CT molecular complexity index is 1890. The number of alkyl carbamates (subject to hydrolysis) is 2. The van der Waals surface area contributed by atoms with Gasteiger partial charge in [0.1, 0.15) is 17.9 Å². The monoisotopic (exact) mass is 743 g/mol. The SMILES string of the molecule is COC(=O)N[C@H](C(=O)N1CCC[C@H]1c1ccc(-c2ccc(-c3ccc(-c4cnc([C@H](C)NC(=O)[C@@H](NC(=O)OC)[C@@H](C)OC)[nH]4)cc3)cc2)[nH]1)C(C)OC. The van der Waals surface area contributed by atoms with Crippen LogP contribution in [-0.4, -0.2) is 103 Å². The predicted octanol–water partition coefficient (Wildman–Crippen LogP) is 5.10. The van der Waals surface area contributed by atoms with Gasteiger partial charge in [-0.2, -0.15) is 0 Å². The van der Waals surface area contributed by atoms with Gasteiger partial charge in [-0.15, -0.1) is 0 Å². The summed E-state index contributed by atoms with van der Waals surface area (Å²) in [6, 6.07) is 17.9. The van der Waals surface area contributed by atoms with Crippen molar-refractivity contribution in [3.8, 4) is 33.6 Å². The van der Waals surface area contributed by atoms with E-state index in [2.05, 4.69) is 59.9 Å². The number of methoxy groups -OCH3 is 4. The number of nitrogens with zero attached hydrogens (tertiary/aromatic N) is 2. The number of nitrogens with one attached hydrogen (secondary N) is 5. The van der Waals surface area contributed by atoms with Gasteiger partial charge in [0, 0.05) is 32.2 Å².